The molecule has 2 amide bonds. The molecule has 1 atom stereocenters. The van der Waals surface area contributed by atoms with Gasteiger partial charge in [0.05, 0.1) is 10.6 Å². The molecule has 0 bridgehead atoms. The monoisotopic (exact) mass is 587 g/mol. The second-order valence-corrected chi connectivity index (χ2v) is 11.9. The summed E-state index contributed by atoms with van der Waals surface area (Å²) in [5, 5.41) is 2.62. The summed E-state index contributed by atoms with van der Waals surface area (Å²) in [5.74, 6) is -1.64. The predicted molar refractivity (Wildman–Crippen MR) is 162 cm³/mol. The van der Waals surface area contributed by atoms with Gasteiger partial charge in [0.25, 0.3) is 10.0 Å². The third-order valence-corrected chi connectivity index (χ3v) is 8.82. The number of anilines is 1. The van der Waals surface area contributed by atoms with E-state index in [1.165, 1.54) is 30.1 Å². The molecule has 0 aromatic heterocycles. The van der Waals surface area contributed by atoms with E-state index in [0.29, 0.717) is 11.3 Å². The number of amides is 2. The van der Waals surface area contributed by atoms with Gasteiger partial charge in [-0.15, -0.1) is 0 Å². The van der Waals surface area contributed by atoms with Crippen molar-refractivity contribution >= 4 is 27.5 Å². The highest BCUT2D eigenvalue weighted by Gasteiger charge is 2.35. The van der Waals surface area contributed by atoms with Crippen LogP contribution in [0.15, 0.2) is 108 Å². The van der Waals surface area contributed by atoms with Crippen LogP contribution in [0.2, 0.25) is 0 Å². The third-order valence-electron chi connectivity index (χ3n) is 7.05. The van der Waals surface area contributed by atoms with E-state index in [1.807, 2.05) is 43.3 Å². The van der Waals surface area contributed by atoms with Gasteiger partial charge in [0.15, 0.2) is 0 Å². The number of nitrogens with zero attached hydrogens (tertiary/aromatic N) is 2. The zero-order valence-electron chi connectivity index (χ0n) is 23.8. The van der Waals surface area contributed by atoms with Crippen LogP contribution in [0.3, 0.4) is 0 Å². The van der Waals surface area contributed by atoms with Crippen molar-refractivity contribution in [2.45, 2.75) is 37.8 Å². The smallest absolute Gasteiger partial charge is 0.264 e. The van der Waals surface area contributed by atoms with Crippen LogP contribution in [0.5, 0.6) is 0 Å². The first-order valence-electron chi connectivity index (χ1n) is 13.5. The molecule has 4 aromatic carbocycles. The normalized spacial score (nSPS) is 11.9. The number of aryl methyl sites for hydroxylation is 2. The minimum absolute atomic E-state index is 0.0190. The zero-order valence-corrected chi connectivity index (χ0v) is 24.6. The number of likely N-dealkylation sites (N-methyl/N-ethyl adjacent to an activating group) is 1. The van der Waals surface area contributed by atoms with Crippen molar-refractivity contribution in [3.8, 4) is 0 Å². The first-order chi connectivity index (χ1) is 20.1. The number of hydrogen-bond acceptors (Lipinski definition) is 4. The van der Waals surface area contributed by atoms with Gasteiger partial charge in [-0.05, 0) is 49.2 Å². The van der Waals surface area contributed by atoms with Crippen molar-refractivity contribution in [3.05, 3.63) is 131 Å². The maximum absolute atomic E-state index is 14.9. The van der Waals surface area contributed by atoms with Gasteiger partial charge >= 0.3 is 0 Å². The molecule has 1 unspecified atom stereocenters. The molecule has 0 aliphatic carbocycles. The quantitative estimate of drug-likeness (QED) is 0.267. The molecule has 0 heterocycles. The van der Waals surface area contributed by atoms with Crippen molar-refractivity contribution in [3.63, 3.8) is 0 Å². The molecular weight excluding hydrogens is 553 g/mol. The van der Waals surface area contributed by atoms with Gasteiger partial charge in [-0.3, -0.25) is 13.9 Å². The molecular formula is C33H34FN3O4S. The number of carbonyl (C=O) groups excluding carboxylic acids is 2. The van der Waals surface area contributed by atoms with E-state index in [0.717, 1.165) is 15.4 Å². The summed E-state index contributed by atoms with van der Waals surface area (Å²) in [6.45, 7) is 2.84. The van der Waals surface area contributed by atoms with Crippen LogP contribution >= 0.6 is 0 Å². The lowest BCUT2D eigenvalue weighted by Crippen LogP contribution is -2.53. The van der Waals surface area contributed by atoms with Gasteiger partial charge in [-0.1, -0.05) is 84.4 Å². The summed E-state index contributed by atoms with van der Waals surface area (Å²) >= 11 is 0. The van der Waals surface area contributed by atoms with Crippen LogP contribution in [0.25, 0.3) is 0 Å². The Hall–Kier alpha value is -4.50. The van der Waals surface area contributed by atoms with E-state index < -0.39 is 40.2 Å². The number of rotatable bonds is 11. The predicted octanol–water partition coefficient (Wildman–Crippen LogP) is 5.02. The first-order valence-corrected chi connectivity index (χ1v) is 15.0. The summed E-state index contributed by atoms with van der Waals surface area (Å²) in [6, 6.07) is 27.3. The third kappa shape index (κ3) is 7.03. The molecule has 0 saturated heterocycles. The Labute approximate surface area is 246 Å². The van der Waals surface area contributed by atoms with Gasteiger partial charge in [-0.2, -0.15) is 0 Å². The van der Waals surface area contributed by atoms with E-state index in [1.54, 1.807) is 55.5 Å². The van der Waals surface area contributed by atoms with Crippen molar-refractivity contribution in [1.82, 2.24) is 10.2 Å². The van der Waals surface area contributed by atoms with E-state index >= 15 is 0 Å². The Morgan fingerprint density at radius 1 is 0.857 bits per heavy atom. The Morgan fingerprint density at radius 3 is 2.10 bits per heavy atom. The maximum Gasteiger partial charge on any atom is 0.264 e. The summed E-state index contributed by atoms with van der Waals surface area (Å²) in [6.07, 6.45) is 0.149. The van der Waals surface area contributed by atoms with E-state index in [4.69, 9.17) is 0 Å². The molecule has 9 heteroatoms. The van der Waals surface area contributed by atoms with Crippen molar-refractivity contribution < 1.29 is 22.4 Å². The summed E-state index contributed by atoms with van der Waals surface area (Å²) in [4.78, 5) is 28.8. The molecule has 0 aliphatic rings. The summed E-state index contributed by atoms with van der Waals surface area (Å²) in [5.41, 5.74) is 2.93. The Bertz CT molecular complexity index is 1650. The maximum atomic E-state index is 14.9. The molecule has 0 spiro atoms. The Balaban J connectivity index is 1.81. The van der Waals surface area contributed by atoms with E-state index in [2.05, 4.69) is 5.32 Å². The van der Waals surface area contributed by atoms with Gasteiger partial charge in [0.2, 0.25) is 11.8 Å². The lowest BCUT2D eigenvalue weighted by atomic mass is 10.0. The standard InChI is InChI=1S/C33H34FN3O4S/c1-24-18-19-30(25(2)20-24)37(42(40,41)28-15-8-5-9-16-28)23-32(38)36(22-27-14-10-11-17-29(27)34)31(33(39)35-3)21-26-12-6-4-7-13-26/h4-20,31H,21-23H2,1-3H3,(H,35,39). The molecule has 0 aliphatic heterocycles. The van der Waals surface area contributed by atoms with Crippen molar-refractivity contribution in [2.24, 2.45) is 0 Å². The largest absolute Gasteiger partial charge is 0.357 e. The molecule has 7 nitrogen and oxygen atoms in total. The molecule has 1 N–H and O–H groups in total. The van der Waals surface area contributed by atoms with Crippen LogP contribution in [0, 0.1) is 19.7 Å². The van der Waals surface area contributed by atoms with Crippen LogP contribution in [-0.2, 0) is 32.6 Å². The average molecular weight is 588 g/mol. The highest BCUT2D eigenvalue weighted by atomic mass is 32.2. The lowest BCUT2D eigenvalue weighted by Gasteiger charge is -2.34. The number of sulfonamides is 1. The van der Waals surface area contributed by atoms with Gasteiger partial charge in [0.1, 0.15) is 18.4 Å². The summed E-state index contributed by atoms with van der Waals surface area (Å²) < 4.78 is 44.0. The number of carbonyl (C=O) groups is 2. The fourth-order valence-electron chi connectivity index (χ4n) is 4.85. The van der Waals surface area contributed by atoms with E-state index in [-0.39, 0.29) is 23.4 Å². The van der Waals surface area contributed by atoms with Gasteiger partial charge in [-0.25, -0.2) is 12.8 Å². The molecule has 0 fully saturated rings. The second kappa shape index (κ2) is 13.4. The van der Waals surface area contributed by atoms with Crippen molar-refractivity contribution in [1.29, 1.82) is 0 Å². The van der Waals surface area contributed by atoms with Crippen molar-refractivity contribution in [2.75, 3.05) is 17.9 Å². The Morgan fingerprint density at radius 2 is 1.48 bits per heavy atom. The van der Waals surface area contributed by atoms with Crippen LogP contribution < -0.4 is 9.62 Å². The van der Waals surface area contributed by atoms with Gasteiger partial charge in [0, 0.05) is 25.6 Å². The average Bonchev–Trinajstić information content (AvgIpc) is 2.99. The first kappa shape index (κ1) is 30.5. The topological polar surface area (TPSA) is 86.8 Å². The number of halogens is 1. The van der Waals surface area contributed by atoms with Crippen LogP contribution in [0.1, 0.15) is 22.3 Å². The molecule has 42 heavy (non-hydrogen) atoms. The lowest BCUT2D eigenvalue weighted by molar-refractivity contribution is -0.139. The van der Waals surface area contributed by atoms with Crippen LogP contribution in [-0.4, -0.2) is 44.8 Å². The second-order valence-electron chi connectivity index (χ2n) is 10.0. The highest BCUT2D eigenvalue weighted by Crippen LogP contribution is 2.28. The fraction of sp³-hybridized carbons (Fsp3) is 0.212. The molecule has 0 radical (unpaired) electrons. The number of nitrogens with one attached hydrogen (secondary N) is 1. The SMILES string of the molecule is CNC(=O)C(Cc1ccccc1)N(Cc1ccccc1F)C(=O)CN(c1ccc(C)cc1C)S(=O)(=O)c1ccccc1. The zero-order chi connectivity index (χ0) is 30.3. The highest BCUT2D eigenvalue weighted by molar-refractivity contribution is 7.92. The molecule has 4 rings (SSSR count). The molecule has 4 aromatic rings. The summed E-state index contributed by atoms with van der Waals surface area (Å²) in [7, 11) is -2.73. The fourth-order valence-corrected chi connectivity index (χ4v) is 6.35. The number of benzene rings is 4. The van der Waals surface area contributed by atoms with Crippen LogP contribution in [0.4, 0.5) is 10.1 Å². The molecule has 0 saturated carbocycles. The molecule has 218 valence electrons. The van der Waals surface area contributed by atoms with E-state index in [9.17, 15) is 22.4 Å². The Kier molecular flexibility index (Phi) is 9.75. The van der Waals surface area contributed by atoms with Gasteiger partial charge < -0.3 is 10.2 Å². The minimum atomic E-state index is -4.20. The minimum Gasteiger partial charge on any atom is -0.357 e. The number of hydrogen-bond donors (Lipinski definition) is 1.